The van der Waals surface area contributed by atoms with Crippen LogP contribution in [0.1, 0.15) is 52.9 Å². The van der Waals surface area contributed by atoms with Gasteiger partial charge in [-0.1, -0.05) is 27.2 Å². The van der Waals surface area contributed by atoms with Crippen molar-refractivity contribution < 1.29 is 9.53 Å². The highest BCUT2D eigenvalue weighted by atomic mass is 16.5. The molecule has 0 aromatic carbocycles. The predicted octanol–water partition coefficient (Wildman–Crippen LogP) is 2.75. The van der Waals surface area contributed by atoms with Crippen molar-refractivity contribution in [3.05, 3.63) is 0 Å². The van der Waals surface area contributed by atoms with E-state index < -0.39 is 0 Å². The smallest absolute Gasteiger partial charge is 0.223 e. The molecule has 1 amide bonds. The number of nitrogens with one attached hydrogen (secondary N) is 1. The minimum atomic E-state index is 0.181. The maximum atomic E-state index is 11.6. The summed E-state index contributed by atoms with van der Waals surface area (Å²) in [5.41, 5.74) is 0. The van der Waals surface area contributed by atoms with Crippen LogP contribution in [0.4, 0.5) is 0 Å². The molecule has 0 aliphatic rings. The Morgan fingerprint density at radius 1 is 1.12 bits per heavy atom. The van der Waals surface area contributed by atoms with E-state index in [2.05, 4.69) is 26.1 Å². The number of ether oxygens (including phenoxy) is 1. The second kappa shape index (κ2) is 10.9. The molecule has 96 valence electrons. The second-order valence-corrected chi connectivity index (χ2v) is 4.12. The molecule has 0 heterocycles. The van der Waals surface area contributed by atoms with Crippen molar-refractivity contribution >= 4 is 5.91 Å². The van der Waals surface area contributed by atoms with Gasteiger partial charge in [0.15, 0.2) is 0 Å². The molecule has 0 aromatic rings. The van der Waals surface area contributed by atoms with Crippen molar-refractivity contribution in [3.8, 4) is 0 Å². The molecule has 0 unspecified atom stereocenters. The molecular formula is C13H27NO2. The van der Waals surface area contributed by atoms with Crippen LogP contribution in [-0.2, 0) is 9.53 Å². The van der Waals surface area contributed by atoms with Crippen LogP contribution in [0.15, 0.2) is 0 Å². The normalized spacial score (nSPS) is 10.8. The van der Waals surface area contributed by atoms with E-state index in [1.807, 2.05) is 0 Å². The van der Waals surface area contributed by atoms with Gasteiger partial charge >= 0.3 is 0 Å². The summed E-state index contributed by atoms with van der Waals surface area (Å²) in [5.74, 6) is 0.375. The summed E-state index contributed by atoms with van der Waals surface area (Å²) in [4.78, 5) is 11.6. The van der Waals surface area contributed by atoms with Crippen molar-refractivity contribution in [2.24, 2.45) is 5.92 Å². The van der Waals surface area contributed by atoms with Gasteiger partial charge in [-0.3, -0.25) is 4.79 Å². The van der Waals surface area contributed by atoms with Crippen LogP contribution in [0.3, 0.4) is 0 Å². The molecule has 0 aromatic heterocycles. The van der Waals surface area contributed by atoms with Crippen molar-refractivity contribution in [2.75, 3.05) is 19.8 Å². The van der Waals surface area contributed by atoms with E-state index in [9.17, 15) is 4.79 Å². The molecule has 0 atom stereocenters. The number of rotatable bonds is 10. The van der Waals surface area contributed by atoms with Gasteiger partial charge in [0.05, 0.1) is 0 Å². The molecule has 0 radical (unpaired) electrons. The minimum absolute atomic E-state index is 0.181. The topological polar surface area (TPSA) is 38.3 Å². The highest BCUT2D eigenvalue weighted by molar-refractivity contribution is 5.78. The first-order valence-corrected chi connectivity index (χ1v) is 6.61. The van der Waals surface area contributed by atoms with Crippen LogP contribution >= 0.6 is 0 Å². The zero-order valence-corrected chi connectivity index (χ0v) is 11.1. The summed E-state index contributed by atoms with van der Waals surface area (Å²) in [6.07, 6.45) is 5.06. The molecule has 1 N–H and O–H groups in total. The lowest BCUT2D eigenvalue weighted by Gasteiger charge is -2.12. The van der Waals surface area contributed by atoms with E-state index in [1.54, 1.807) is 0 Å². The zero-order valence-electron chi connectivity index (χ0n) is 11.1. The van der Waals surface area contributed by atoms with Crippen molar-refractivity contribution in [2.45, 2.75) is 52.9 Å². The predicted molar refractivity (Wildman–Crippen MR) is 67.4 cm³/mol. The quantitative estimate of drug-likeness (QED) is 0.585. The lowest BCUT2D eigenvalue weighted by atomic mass is 10.0. The van der Waals surface area contributed by atoms with Gasteiger partial charge in [-0.25, -0.2) is 0 Å². The van der Waals surface area contributed by atoms with Gasteiger partial charge in [-0.2, -0.15) is 0 Å². The molecule has 16 heavy (non-hydrogen) atoms. The molecule has 0 saturated carbocycles. The molecule has 3 heteroatoms. The fraction of sp³-hybridized carbons (Fsp3) is 0.923. The lowest BCUT2D eigenvalue weighted by Crippen LogP contribution is -2.31. The molecule has 0 rings (SSSR count). The first kappa shape index (κ1) is 15.4. The molecule has 0 bridgehead atoms. The first-order valence-electron chi connectivity index (χ1n) is 6.61. The number of unbranched alkanes of at least 4 members (excludes halogenated alkanes) is 1. The highest BCUT2D eigenvalue weighted by Gasteiger charge is 2.12. The van der Waals surface area contributed by atoms with Gasteiger partial charge < -0.3 is 10.1 Å². The molecule has 0 aliphatic carbocycles. The summed E-state index contributed by atoms with van der Waals surface area (Å²) < 4.78 is 5.42. The number of carbonyl (C=O) groups is 1. The van der Waals surface area contributed by atoms with Gasteiger partial charge in [-0.15, -0.1) is 0 Å². The third-order valence-corrected chi connectivity index (χ3v) is 2.76. The Morgan fingerprint density at radius 3 is 2.31 bits per heavy atom. The summed E-state index contributed by atoms with van der Waals surface area (Å²) in [7, 11) is 0. The molecule has 0 saturated heterocycles. The third kappa shape index (κ3) is 7.69. The Kier molecular flexibility index (Phi) is 10.5. The summed E-state index contributed by atoms with van der Waals surface area (Å²) in [5, 5.41) is 2.96. The number of hydrogen-bond donors (Lipinski definition) is 1. The van der Waals surface area contributed by atoms with Gasteiger partial charge in [0, 0.05) is 25.7 Å². The van der Waals surface area contributed by atoms with E-state index in [4.69, 9.17) is 4.74 Å². The molecule has 0 spiro atoms. The number of hydrogen-bond acceptors (Lipinski definition) is 2. The molecule has 0 fully saturated rings. The van der Waals surface area contributed by atoms with Crippen molar-refractivity contribution in [3.63, 3.8) is 0 Å². The fourth-order valence-corrected chi connectivity index (χ4v) is 1.54. The van der Waals surface area contributed by atoms with Gasteiger partial charge in [0.1, 0.15) is 0 Å². The van der Waals surface area contributed by atoms with Crippen LogP contribution in [-0.4, -0.2) is 25.7 Å². The zero-order chi connectivity index (χ0) is 12.2. The largest absolute Gasteiger partial charge is 0.381 e. The van der Waals surface area contributed by atoms with Crippen LogP contribution in [0.2, 0.25) is 0 Å². The lowest BCUT2D eigenvalue weighted by molar-refractivity contribution is -0.125. The summed E-state index contributed by atoms with van der Waals surface area (Å²) >= 11 is 0. The second-order valence-electron chi connectivity index (χ2n) is 4.12. The van der Waals surface area contributed by atoms with Crippen molar-refractivity contribution in [1.29, 1.82) is 0 Å². The van der Waals surface area contributed by atoms with Crippen LogP contribution in [0.5, 0.6) is 0 Å². The van der Waals surface area contributed by atoms with Crippen LogP contribution < -0.4 is 5.32 Å². The molecule has 3 nitrogen and oxygen atoms in total. The Morgan fingerprint density at radius 2 is 1.75 bits per heavy atom. The Balaban J connectivity index is 3.33. The van der Waals surface area contributed by atoms with E-state index in [-0.39, 0.29) is 11.8 Å². The Bertz CT molecular complexity index is 167. The monoisotopic (exact) mass is 229 g/mol. The maximum absolute atomic E-state index is 11.6. The first-order chi connectivity index (χ1) is 7.76. The van der Waals surface area contributed by atoms with Gasteiger partial charge in [0.2, 0.25) is 5.91 Å². The van der Waals surface area contributed by atoms with Crippen LogP contribution in [0, 0.1) is 5.92 Å². The van der Waals surface area contributed by atoms with E-state index in [0.29, 0.717) is 0 Å². The fourth-order valence-electron chi connectivity index (χ4n) is 1.54. The number of carbonyl (C=O) groups excluding carboxylic acids is 1. The Hall–Kier alpha value is -0.570. The van der Waals surface area contributed by atoms with Crippen LogP contribution in [0.25, 0.3) is 0 Å². The van der Waals surface area contributed by atoms with E-state index >= 15 is 0 Å². The molecular weight excluding hydrogens is 202 g/mol. The SMILES string of the molecule is CCCCOCCCNC(=O)C(CC)CC. The summed E-state index contributed by atoms with van der Waals surface area (Å²) in [6, 6.07) is 0. The van der Waals surface area contributed by atoms with Gasteiger partial charge in [-0.05, 0) is 25.7 Å². The minimum Gasteiger partial charge on any atom is -0.381 e. The van der Waals surface area contributed by atoms with E-state index in [1.165, 1.54) is 6.42 Å². The van der Waals surface area contributed by atoms with Gasteiger partial charge in [0.25, 0.3) is 0 Å². The Labute approximate surface area is 99.9 Å². The summed E-state index contributed by atoms with van der Waals surface area (Å²) in [6.45, 7) is 8.60. The standard InChI is InChI=1S/C13H27NO2/c1-4-7-10-16-11-8-9-14-13(15)12(5-2)6-3/h12H,4-11H2,1-3H3,(H,14,15). The average Bonchev–Trinajstić information content (AvgIpc) is 2.29. The molecule has 0 aliphatic heterocycles. The van der Waals surface area contributed by atoms with E-state index in [0.717, 1.165) is 45.4 Å². The van der Waals surface area contributed by atoms with Crippen molar-refractivity contribution in [1.82, 2.24) is 5.32 Å². The number of amides is 1. The average molecular weight is 229 g/mol. The third-order valence-electron chi connectivity index (χ3n) is 2.76. The maximum Gasteiger partial charge on any atom is 0.223 e. The highest BCUT2D eigenvalue weighted by Crippen LogP contribution is 2.06.